The SMILES string of the molecule is CC(C)(C)OC(=O)N1CCC(CC#N)(n2nc(Nc3ccc(F)cc3)c3c(OCc4ccccc4)nccc32)CC1. The fraction of sp³-hybridized carbons (Fsp3) is 0.355. The quantitative estimate of drug-likeness (QED) is 0.276. The molecule has 2 aromatic carbocycles. The molecule has 4 aromatic rings. The molecule has 0 aliphatic carbocycles. The molecule has 0 atom stereocenters. The van der Waals surface area contributed by atoms with Crippen LogP contribution in [-0.2, 0) is 16.9 Å². The van der Waals surface area contributed by atoms with Crippen LogP contribution in [0.3, 0.4) is 0 Å². The maximum atomic E-state index is 13.6. The minimum Gasteiger partial charge on any atom is -0.472 e. The van der Waals surface area contributed by atoms with Gasteiger partial charge in [0.25, 0.3) is 0 Å². The number of amides is 1. The number of rotatable bonds is 7. The van der Waals surface area contributed by atoms with Crippen molar-refractivity contribution >= 4 is 28.5 Å². The van der Waals surface area contributed by atoms with E-state index >= 15 is 0 Å². The maximum Gasteiger partial charge on any atom is 0.410 e. The molecule has 1 fully saturated rings. The van der Waals surface area contributed by atoms with Gasteiger partial charge in [-0.1, -0.05) is 30.3 Å². The minimum atomic E-state index is -0.674. The second kappa shape index (κ2) is 11.5. The summed E-state index contributed by atoms with van der Waals surface area (Å²) in [4.78, 5) is 19.0. The molecule has 0 saturated carbocycles. The summed E-state index contributed by atoms with van der Waals surface area (Å²) in [6.07, 6.45) is 2.51. The summed E-state index contributed by atoms with van der Waals surface area (Å²) in [5.74, 6) is 0.527. The molecule has 2 aromatic heterocycles. The van der Waals surface area contributed by atoms with Gasteiger partial charge in [0.15, 0.2) is 5.82 Å². The van der Waals surface area contributed by atoms with Crippen molar-refractivity contribution in [2.45, 2.75) is 57.8 Å². The Morgan fingerprint density at radius 3 is 2.46 bits per heavy atom. The highest BCUT2D eigenvalue weighted by Crippen LogP contribution is 2.41. The number of nitrogens with one attached hydrogen (secondary N) is 1. The van der Waals surface area contributed by atoms with Gasteiger partial charge in [-0.05, 0) is 69.5 Å². The van der Waals surface area contributed by atoms with Crippen LogP contribution >= 0.6 is 0 Å². The van der Waals surface area contributed by atoms with Gasteiger partial charge >= 0.3 is 6.09 Å². The van der Waals surface area contributed by atoms with Crippen molar-refractivity contribution in [1.29, 1.82) is 5.26 Å². The minimum absolute atomic E-state index is 0.199. The lowest BCUT2D eigenvalue weighted by molar-refractivity contribution is 0.0110. The van der Waals surface area contributed by atoms with E-state index in [0.29, 0.717) is 55.3 Å². The molecule has 1 aliphatic rings. The fourth-order valence-electron chi connectivity index (χ4n) is 5.03. The Kier molecular flexibility index (Phi) is 7.79. The highest BCUT2D eigenvalue weighted by atomic mass is 19.1. The third-order valence-corrected chi connectivity index (χ3v) is 7.09. The van der Waals surface area contributed by atoms with E-state index in [4.69, 9.17) is 14.6 Å². The van der Waals surface area contributed by atoms with E-state index in [-0.39, 0.29) is 18.3 Å². The van der Waals surface area contributed by atoms with Crippen molar-refractivity contribution in [2.24, 2.45) is 0 Å². The first-order chi connectivity index (χ1) is 19.7. The monoisotopic (exact) mass is 556 g/mol. The molecular formula is C31H33FN6O3. The number of carbonyl (C=O) groups excluding carboxylic acids is 1. The van der Waals surface area contributed by atoms with E-state index in [2.05, 4.69) is 16.4 Å². The van der Waals surface area contributed by atoms with E-state index in [9.17, 15) is 14.4 Å². The van der Waals surface area contributed by atoms with E-state index in [1.807, 2.05) is 61.9 Å². The number of pyridine rings is 1. The molecule has 1 saturated heterocycles. The van der Waals surface area contributed by atoms with Gasteiger partial charge < -0.3 is 19.7 Å². The van der Waals surface area contributed by atoms with Crippen molar-refractivity contribution in [2.75, 3.05) is 18.4 Å². The van der Waals surface area contributed by atoms with Gasteiger partial charge in [0, 0.05) is 25.0 Å². The Morgan fingerprint density at radius 1 is 1.10 bits per heavy atom. The van der Waals surface area contributed by atoms with Crippen LogP contribution in [0.2, 0.25) is 0 Å². The summed E-state index contributed by atoms with van der Waals surface area (Å²) in [5, 5.41) is 18.8. The Hall–Kier alpha value is -4.65. The zero-order valence-corrected chi connectivity index (χ0v) is 23.4. The molecule has 3 heterocycles. The van der Waals surface area contributed by atoms with Crippen molar-refractivity contribution in [3.8, 4) is 11.9 Å². The second-order valence-corrected chi connectivity index (χ2v) is 11.2. The number of hydrogen-bond acceptors (Lipinski definition) is 7. The van der Waals surface area contributed by atoms with Crippen LogP contribution in [0.5, 0.6) is 5.88 Å². The largest absolute Gasteiger partial charge is 0.472 e. The second-order valence-electron chi connectivity index (χ2n) is 11.2. The molecule has 9 nitrogen and oxygen atoms in total. The highest BCUT2D eigenvalue weighted by molar-refractivity contribution is 5.96. The molecular weight excluding hydrogens is 523 g/mol. The summed E-state index contributed by atoms with van der Waals surface area (Å²) in [7, 11) is 0. The summed E-state index contributed by atoms with van der Waals surface area (Å²) in [6, 6.07) is 20.0. The molecule has 212 valence electrons. The number of aromatic nitrogens is 3. The Morgan fingerprint density at radius 2 is 1.80 bits per heavy atom. The third-order valence-electron chi connectivity index (χ3n) is 7.09. The molecule has 10 heteroatoms. The fourth-order valence-corrected chi connectivity index (χ4v) is 5.03. The third kappa shape index (κ3) is 6.24. The predicted octanol–water partition coefficient (Wildman–Crippen LogP) is 6.53. The number of hydrogen-bond donors (Lipinski definition) is 1. The summed E-state index contributed by atoms with van der Waals surface area (Å²) >= 11 is 0. The van der Waals surface area contributed by atoms with Crippen molar-refractivity contribution in [1.82, 2.24) is 19.7 Å². The van der Waals surface area contributed by atoms with Gasteiger partial charge in [-0.25, -0.2) is 14.2 Å². The summed E-state index contributed by atoms with van der Waals surface area (Å²) in [5.41, 5.74) is 1.10. The molecule has 1 aliphatic heterocycles. The number of anilines is 2. The van der Waals surface area contributed by atoms with Gasteiger partial charge in [0.05, 0.1) is 23.5 Å². The predicted molar refractivity (Wildman–Crippen MR) is 153 cm³/mol. The van der Waals surface area contributed by atoms with Crippen LogP contribution in [0, 0.1) is 17.1 Å². The van der Waals surface area contributed by atoms with Crippen LogP contribution in [0.25, 0.3) is 10.9 Å². The molecule has 0 radical (unpaired) electrons. The van der Waals surface area contributed by atoms with Crippen LogP contribution in [0.4, 0.5) is 20.7 Å². The number of halogens is 1. The Labute approximate surface area is 238 Å². The topological polar surface area (TPSA) is 105 Å². The summed E-state index contributed by atoms with van der Waals surface area (Å²) in [6.45, 7) is 6.66. The van der Waals surface area contributed by atoms with Crippen LogP contribution in [0.15, 0.2) is 66.9 Å². The average Bonchev–Trinajstić information content (AvgIpc) is 3.33. The molecule has 0 unspecified atom stereocenters. The van der Waals surface area contributed by atoms with Gasteiger partial charge in [0.2, 0.25) is 5.88 Å². The molecule has 1 N–H and O–H groups in total. The van der Waals surface area contributed by atoms with Gasteiger partial charge in [-0.3, -0.25) is 4.68 Å². The number of piperidine rings is 1. The number of fused-ring (bicyclic) bond motifs is 1. The average molecular weight is 557 g/mol. The molecule has 0 spiro atoms. The zero-order chi connectivity index (χ0) is 29.0. The number of benzene rings is 2. The normalized spacial score (nSPS) is 14.9. The highest BCUT2D eigenvalue weighted by Gasteiger charge is 2.41. The van der Waals surface area contributed by atoms with Crippen molar-refractivity contribution in [3.63, 3.8) is 0 Å². The van der Waals surface area contributed by atoms with Crippen LogP contribution in [0.1, 0.15) is 45.6 Å². The zero-order valence-electron chi connectivity index (χ0n) is 23.4. The number of nitriles is 1. The summed E-state index contributed by atoms with van der Waals surface area (Å²) < 4.78 is 27.3. The Balaban J connectivity index is 1.53. The van der Waals surface area contributed by atoms with E-state index < -0.39 is 11.1 Å². The molecule has 0 bridgehead atoms. The lowest BCUT2D eigenvalue weighted by atomic mass is 9.85. The van der Waals surface area contributed by atoms with Gasteiger partial charge in [0.1, 0.15) is 23.4 Å². The molecule has 1 amide bonds. The smallest absolute Gasteiger partial charge is 0.410 e. The number of nitrogens with zero attached hydrogens (tertiary/aromatic N) is 5. The number of likely N-dealkylation sites (tertiary alicyclic amines) is 1. The standard InChI is InChI=1S/C31H33FN6O3/c1-30(2,3)41-29(39)37-19-15-31(14-17-33,16-20-37)38-25-13-18-34-28(40-21-22-7-5-4-6-8-22)26(25)27(36-38)35-24-11-9-23(32)10-12-24/h4-13,18H,14-16,19-21H2,1-3H3,(H,35,36). The van der Waals surface area contributed by atoms with Crippen LogP contribution < -0.4 is 10.1 Å². The van der Waals surface area contributed by atoms with E-state index in [1.165, 1.54) is 12.1 Å². The van der Waals surface area contributed by atoms with Gasteiger partial charge in [-0.15, -0.1) is 0 Å². The number of ether oxygens (including phenoxy) is 2. The molecule has 41 heavy (non-hydrogen) atoms. The lowest BCUT2D eigenvalue weighted by Crippen LogP contribution is -2.49. The van der Waals surface area contributed by atoms with Crippen molar-refractivity contribution < 1.29 is 18.7 Å². The van der Waals surface area contributed by atoms with Gasteiger partial charge in [-0.2, -0.15) is 10.4 Å². The van der Waals surface area contributed by atoms with E-state index in [0.717, 1.165) is 11.1 Å². The maximum absolute atomic E-state index is 13.6. The lowest BCUT2D eigenvalue weighted by Gasteiger charge is -2.41. The Bertz CT molecular complexity index is 1550. The first kappa shape index (κ1) is 27.9. The first-order valence-electron chi connectivity index (χ1n) is 13.6. The number of carbonyl (C=O) groups is 1. The van der Waals surface area contributed by atoms with Crippen molar-refractivity contribution in [3.05, 3.63) is 78.2 Å². The first-order valence-corrected chi connectivity index (χ1v) is 13.6. The van der Waals surface area contributed by atoms with Crippen LogP contribution in [-0.4, -0.2) is 44.4 Å². The molecule has 5 rings (SSSR count). The van der Waals surface area contributed by atoms with E-state index in [1.54, 1.807) is 23.2 Å².